The van der Waals surface area contributed by atoms with Crippen molar-refractivity contribution in [3.05, 3.63) is 17.9 Å². The average molecular weight is 314 g/mol. The highest BCUT2D eigenvalue weighted by Gasteiger charge is 2.32. The Labute approximate surface area is 126 Å². The number of anilines is 1. The molecule has 114 valence electrons. The summed E-state index contributed by atoms with van der Waals surface area (Å²) in [6.45, 7) is 5.20. The van der Waals surface area contributed by atoms with Crippen LogP contribution in [-0.4, -0.2) is 34.4 Å². The van der Waals surface area contributed by atoms with Crippen molar-refractivity contribution < 1.29 is 24.0 Å². The Morgan fingerprint density at radius 3 is 2.71 bits per heavy atom. The zero-order valence-corrected chi connectivity index (χ0v) is 12.6. The topological polar surface area (TPSA) is 90.8 Å². The van der Waals surface area contributed by atoms with Gasteiger partial charge in [-0.3, -0.25) is 5.32 Å². The lowest BCUT2D eigenvalue weighted by Crippen LogP contribution is -2.41. The van der Waals surface area contributed by atoms with Gasteiger partial charge in [-0.25, -0.2) is 9.18 Å². The highest BCUT2D eigenvalue weighted by atomic mass is 32.2. The Balaban J connectivity index is 2.11. The van der Waals surface area contributed by atoms with Gasteiger partial charge in [0.1, 0.15) is 11.4 Å². The predicted molar refractivity (Wildman–Crippen MR) is 78.9 cm³/mol. The van der Waals surface area contributed by atoms with Crippen LogP contribution in [-0.2, 0) is 4.74 Å². The maximum absolute atomic E-state index is 13.7. The van der Waals surface area contributed by atoms with Crippen molar-refractivity contribution in [2.45, 2.75) is 36.8 Å². The van der Waals surface area contributed by atoms with Gasteiger partial charge in [-0.1, -0.05) is 17.8 Å². The SMILES string of the molecule is CC(C)(C)OC(=O)NC1Nc2c(B(O)O)ccc(F)c2S1. The van der Waals surface area contributed by atoms with Crippen LogP contribution in [0.4, 0.5) is 14.9 Å². The number of thioether (sulfide) groups is 1. The minimum atomic E-state index is -1.73. The highest BCUT2D eigenvalue weighted by Crippen LogP contribution is 2.38. The zero-order valence-electron chi connectivity index (χ0n) is 11.8. The molecule has 4 N–H and O–H groups in total. The number of carbonyl (C=O) groups is 1. The second-order valence-electron chi connectivity index (χ2n) is 5.50. The molecule has 0 saturated heterocycles. The van der Waals surface area contributed by atoms with Crippen LogP contribution < -0.4 is 16.1 Å². The predicted octanol–water partition coefficient (Wildman–Crippen LogP) is 0.831. The third-order valence-corrected chi connectivity index (χ3v) is 3.69. The molecule has 1 amide bonds. The molecule has 9 heteroatoms. The summed E-state index contributed by atoms with van der Waals surface area (Å²) in [5, 5.41) is 23.9. The highest BCUT2D eigenvalue weighted by molar-refractivity contribution is 8.00. The number of amides is 1. The van der Waals surface area contributed by atoms with Crippen molar-refractivity contribution in [2.75, 3.05) is 5.32 Å². The second kappa shape index (κ2) is 5.74. The quantitative estimate of drug-likeness (QED) is 0.605. The summed E-state index contributed by atoms with van der Waals surface area (Å²) in [5.41, 5.74) is -0.884. The number of alkyl carbamates (subject to hydrolysis) is 1. The molecule has 0 radical (unpaired) electrons. The van der Waals surface area contributed by atoms with Crippen LogP contribution in [0.25, 0.3) is 0 Å². The summed E-state index contributed by atoms with van der Waals surface area (Å²) in [7, 11) is -1.73. The number of carbonyl (C=O) groups excluding carboxylic acids is 1. The first-order valence-electron chi connectivity index (χ1n) is 6.28. The molecule has 0 saturated carbocycles. The number of halogens is 1. The molecule has 1 aliphatic heterocycles. The fraction of sp³-hybridized carbons (Fsp3) is 0.417. The van der Waals surface area contributed by atoms with Gasteiger partial charge in [0, 0.05) is 5.46 Å². The molecule has 1 aromatic rings. The Morgan fingerprint density at radius 2 is 2.14 bits per heavy atom. The third-order valence-electron chi connectivity index (χ3n) is 2.58. The van der Waals surface area contributed by atoms with E-state index in [-0.39, 0.29) is 16.0 Å². The van der Waals surface area contributed by atoms with Crippen LogP contribution >= 0.6 is 11.8 Å². The number of fused-ring (bicyclic) bond motifs is 1. The Hall–Kier alpha value is -1.45. The summed E-state index contributed by atoms with van der Waals surface area (Å²) in [4.78, 5) is 11.9. The first kappa shape index (κ1) is 15.9. The van der Waals surface area contributed by atoms with Gasteiger partial charge >= 0.3 is 13.2 Å². The van der Waals surface area contributed by atoms with E-state index in [0.29, 0.717) is 0 Å². The first-order chi connectivity index (χ1) is 9.67. The molecule has 1 aliphatic rings. The van der Waals surface area contributed by atoms with Crippen molar-refractivity contribution in [2.24, 2.45) is 0 Å². The first-order valence-corrected chi connectivity index (χ1v) is 7.16. The monoisotopic (exact) mass is 314 g/mol. The fourth-order valence-electron chi connectivity index (χ4n) is 1.81. The van der Waals surface area contributed by atoms with Gasteiger partial charge in [-0.05, 0) is 26.8 Å². The average Bonchev–Trinajstić information content (AvgIpc) is 2.70. The third kappa shape index (κ3) is 3.81. The van der Waals surface area contributed by atoms with Gasteiger partial charge < -0.3 is 20.1 Å². The van der Waals surface area contributed by atoms with Crippen molar-refractivity contribution in [1.29, 1.82) is 0 Å². The van der Waals surface area contributed by atoms with Crippen molar-refractivity contribution in [3.63, 3.8) is 0 Å². The summed E-state index contributed by atoms with van der Waals surface area (Å²) in [6, 6.07) is 2.43. The molecule has 2 rings (SSSR count). The minimum absolute atomic E-state index is 0.146. The Bertz CT molecular complexity index is 565. The fourth-order valence-corrected chi connectivity index (χ4v) is 2.85. The second-order valence-corrected chi connectivity index (χ2v) is 6.62. The van der Waals surface area contributed by atoms with E-state index in [2.05, 4.69) is 10.6 Å². The molecule has 0 aromatic heterocycles. The van der Waals surface area contributed by atoms with E-state index >= 15 is 0 Å². The van der Waals surface area contributed by atoms with Crippen molar-refractivity contribution in [3.8, 4) is 0 Å². The number of hydrogen-bond acceptors (Lipinski definition) is 6. The molecular weight excluding hydrogens is 298 g/mol. The van der Waals surface area contributed by atoms with E-state index in [1.807, 2.05) is 0 Å². The van der Waals surface area contributed by atoms with Crippen LogP contribution in [0.2, 0.25) is 0 Å². The van der Waals surface area contributed by atoms with Gasteiger partial charge in [0.05, 0.1) is 10.6 Å². The standard InChI is InChI=1S/C12H16BFN2O4S/c1-12(2,3)20-11(17)16-10-15-8-6(13(18)19)4-5-7(14)9(8)21-10/h4-5,10,15,18-19H,1-3H3,(H,16,17). The molecule has 1 heterocycles. The summed E-state index contributed by atoms with van der Waals surface area (Å²) < 4.78 is 18.9. The normalized spacial score (nSPS) is 17.0. The molecule has 0 fully saturated rings. The van der Waals surface area contributed by atoms with Crippen molar-refractivity contribution >= 4 is 36.1 Å². The van der Waals surface area contributed by atoms with Crippen LogP contribution in [0, 0.1) is 5.82 Å². The van der Waals surface area contributed by atoms with Crippen LogP contribution in [0.3, 0.4) is 0 Å². The molecule has 1 atom stereocenters. The van der Waals surface area contributed by atoms with Gasteiger partial charge in [0.25, 0.3) is 0 Å². The summed E-state index contributed by atoms with van der Waals surface area (Å²) in [6.07, 6.45) is -0.646. The molecule has 1 aromatic carbocycles. The zero-order chi connectivity index (χ0) is 15.8. The van der Waals surface area contributed by atoms with Crippen LogP contribution in [0.1, 0.15) is 20.8 Å². The maximum atomic E-state index is 13.7. The molecule has 0 aliphatic carbocycles. The maximum Gasteiger partial charge on any atom is 0.490 e. The Morgan fingerprint density at radius 1 is 1.48 bits per heavy atom. The number of rotatable bonds is 2. The molecular formula is C12H16BFN2O4S. The van der Waals surface area contributed by atoms with E-state index < -0.39 is 30.1 Å². The van der Waals surface area contributed by atoms with Gasteiger partial charge in [-0.2, -0.15) is 0 Å². The van der Waals surface area contributed by atoms with E-state index in [4.69, 9.17) is 4.74 Å². The molecule has 6 nitrogen and oxygen atoms in total. The molecule has 1 unspecified atom stereocenters. The molecule has 0 bridgehead atoms. The minimum Gasteiger partial charge on any atom is -0.444 e. The largest absolute Gasteiger partial charge is 0.490 e. The van der Waals surface area contributed by atoms with E-state index in [1.54, 1.807) is 20.8 Å². The molecule has 21 heavy (non-hydrogen) atoms. The lowest BCUT2D eigenvalue weighted by atomic mass is 9.79. The van der Waals surface area contributed by atoms with E-state index in [9.17, 15) is 19.2 Å². The Kier molecular flexibility index (Phi) is 4.36. The van der Waals surface area contributed by atoms with Crippen molar-refractivity contribution in [1.82, 2.24) is 5.32 Å². The lowest BCUT2D eigenvalue weighted by Gasteiger charge is -2.21. The summed E-state index contributed by atoms with van der Waals surface area (Å²) >= 11 is 1.03. The number of nitrogens with one attached hydrogen (secondary N) is 2. The smallest absolute Gasteiger partial charge is 0.444 e. The van der Waals surface area contributed by atoms with E-state index in [1.165, 1.54) is 6.07 Å². The lowest BCUT2D eigenvalue weighted by molar-refractivity contribution is 0.0526. The number of ether oxygens (including phenoxy) is 1. The summed E-state index contributed by atoms with van der Waals surface area (Å²) in [5.74, 6) is -0.500. The van der Waals surface area contributed by atoms with Gasteiger partial charge in [-0.15, -0.1) is 0 Å². The number of benzene rings is 1. The van der Waals surface area contributed by atoms with Crippen LogP contribution in [0.15, 0.2) is 17.0 Å². The van der Waals surface area contributed by atoms with Gasteiger partial charge in [0.2, 0.25) is 0 Å². The van der Waals surface area contributed by atoms with Crippen LogP contribution in [0.5, 0.6) is 0 Å². The molecule has 0 spiro atoms. The van der Waals surface area contributed by atoms with Gasteiger partial charge in [0.15, 0.2) is 5.50 Å². The van der Waals surface area contributed by atoms with E-state index in [0.717, 1.165) is 17.8 Å². The number of hydrogen-bond donors (Lipinski definition) is 4.